The summed E-state index contributed by atoms with van der Waals surface area (Å²) >= 11 is 1.57. The fourth-order valence-electron chi connectivity index (χ4n) is 2.53. The molecular weight excluding hydrogens is 286 g/mol. The first-order chi connectivity index (χ1) is 10.2. The monoisotopic (exact) mass is 309 g/mol. The van der Waals surface area contributed by atoms with Gasteiger partial charge >= 0.3 is 0 Å². The van der Waals surface area contributed by atoms with Gasteiger partial charge in [-0.3, -0.25) is 4.79 Å². The largest absolute Gasteiger partial charge is 0.490 e. The van der Waals surface area contributed by atoms with Crippen LogP contribution in [0.1, 0.15) is 25.0 Å². The Labute approximate surface area is 130 Å². The number of hydrogen-bond acceptors (Lipinski definition) is 4. The Bertz CT molecular complexity index is 505. The van der Waals surface area contributed by atoms with Crippen molar-refractivity contribution < 1.29 is 14.3 Å². The molecule has 1 heterocycles. The second-order valence-corrected chi connectivity index (χ2v) is 5.80. The molecule has 0 bridgehead atoms. The van der Waals surface area contributed by atoms with E-state index in [1.807, 2.05) is 31.1 Å². The van der Waals surface area contributed by atoms with Crippen molar-refractivity contribution in [2.45, 2.75) is 26.8 Å². The van der Waals surface area contributed by atoms with Crippen LogP contribution >= 0.6 is 11.8 Å². The summed E-state index contributed by atoms with van der Waals surface area (Å²) in [6, 6.07) is 4.10. The molecule has 1 aliphatic rings. The third-order valence-corrected chi connectivity index (χ3v) is 4.03. The van der Waals surface area contributed by atoms with Gasteiger partial charge in [0.15, 0.2) is 11.5 Å². The van der Waals surface area contributed by atoms with Gasteiger partial charge in [0, 0.05) is 13.1 Å². The van der Waals surface area contributed by atoms with Gasteiger partial charge in [-0.05, 0) is 49.8 Å². The highest BCUT2D eigenvalue weighted by molar-refractivity contribution is 7.99. The second-order valence-electron chi connectivity index (χ2n) is 4.93. The Morgan fingerprint density at radius 3 is 2.38 bits per heavy atom. The van der Waals surface area contributed by atoms with Crippen molar-refractivity contribution in [2.75, 3.05) is 31.8 Å². The number of hydrogen-bond donors (Lipinski definition) is 0. The first-order valence-corrected chi connectivity index (χ1v) is 8.77. The van der Waals surface area contributed by atoms with Crippen LogP contribution in [-0.4, -0.2) is 42.6 Å². The van der Waals surface area contributed by atoms with Crippen LogP contribution in [0.25, 0.3) is 0 Å². The summed E-state index contributed by atoms with van der Waals surface area (Å²) in [7, 11) is 0. The number of amides is 1. The summed E-state index contributed by atoms with van der Waals surface area (Å²) in [5, 5.41) is 0. The van der Waals surface area contributed by atoms with E-state index in [2.05, 4.69) is 6.07 Å². The number of thioether (sulfide) groups is 1. The first-order valence-electron chi connectivity index (χ1n) is 7.37. The van der Waals surface area contributed by atoms with Crippen LogP contribution < -0.4 is 9.47 Å². The molecule has 0 atom stereocenters. The zero-order valence-corrected chi connectivity index (χ0v) is 13.8. The molecule has 0 fully saturated rings. The number of carbonyl (C=O) groups is 1. The minimum absolute atomic E-state index is 0.208. The van der Waals surface area contributed by atoms with Crippen molar-refractivity contribution in [3.63, 3.8) is 0 Å². The van der Waals surface area contributed by atoms with Gasteiger partial charge < -0.3 is 14.4 Å². The van der Waals surface area contributed by atoms with Gasteiger partial charge in [0.25, 0.3) is 0 Å². The van der Waals surface area contributed by atoms with E-state index in [4.69, 9.17) is 9.47 Å². The zero-order chi connectivity index (χ0) is 15.2. The van der Waals surface area contributed by atoms with Crippen LogP contribution in [0, 0.1) is 0 Å². The summed E-state index contributed by atoms with van der Waals surface area (Å²) in [6.45, 7) is 6.61. The number of nitrogens with zero attached hydrogens (tertiary/aromatic N) is 1. The maximum absolute atomic E-state index is 12.0. The lowest BCUT2D eigenvalue weighted by Crippen LogP contribution is -2.37. The molecule has 1 aromatic rings. The summed E-state index contributed by atoms with van der Waals surface area (Å²) < 4.78 is 11.3. The van der Waals surface area contributed by atoms with E-state index in [1.54, 1.807) is 11.8 Å². The second kappa shape index (κ2) is 7.59. The molecule has 0 N–H and O–H groups in total. The van der Waals surface area contributed by atoms with Gasteiger partial charge in [-0.1, -0.05) is 0 Å². The summed E-state index contributed by atoms with van der Waals surface area (Å²) in [5.41, 5.74) is 2.43. The van der Waals surface area contributed by atoms with Crippen LogP contribution in [0.3, 0.4) is 0 Å². The van der Waals surface area contributed by atoms with Crippen molar-refractivity contribution in [1.82, 2.24) is 4.90 Å². The first kappa shape index (κ1) is 16.0. The van der Waals surface area contributed by atoms with E-state index >= 15 is 0 Å². The molecule has 1 aliphatic heterocycles. The van der Waals surface area contributed by atoms with Gasteiger partial charge in [0.1, 0.15) is 0 Å². The number of ether oxygens (including phenoxy) is 2. The molecule has 0 radical (unpaired) electrons. The van der Waals surface area contributed by atoms with Crippen LogP contribution in [0.2, 0.25) is 0 Å². The molecule has 0 aromatic heterocycles. The van der Waals surface area contributed by atoms with E-state index < -0.39 is 0 Å². The Morgan fingerprint density at radius 2 is 1.81 bits per heavy atom. The molecule has 21 heavy (non-hydrogen) atoms. The molecule has 5 heteroatoms. The van der Waals surface area contributed by atoms with E-state index in [0.29, 0.717) is 25.5 Å². The molecule has 0 saturated carbocycles. The van der Waals surface area contributed by atoms with Crippen LogP contribution in [0.4, 0.5) is 0 Å². The van der Waals surface area contributed by atoms with Crippen LogP contribution in [-0.2, 0) is 17.8 Å². The standard InChI is InChI=1S/C16H23NO3S/c1-4-19-14-8-12-6-7-17(16(18)11-21-3)10-13(12)9-15(14)20-5-2/h8-9H,4-7,10-11H2,1-3H3. The Balaban J connectivity index is 2.22. The van der Waals surface area contributed by atoms with Crippen LogP contribution in [0.15, 0.2) is 12.1 Å². The third-order valence-electron chi connectivity index (χ3n) is 3.50. The van der Waals surface area contributed by atoms with E-state index in [0.717, 1.165) is 24.5 Å². The smallest absolute Gasteiger partial charge is 0.232 e. The van der Waals surface area contributed by atoms with Crippen molar-refractivity contribution in [3.05, 3.63) is 23.3 Å². The van der Waals surface area contributed by atoms with Gasteiger partial charge in [-0.25, -0.2) is 0 Å². The Kier molecular flexibility index (Phi) is 5.79. The number of rotatable bonds is 6. The quantitative estimate of drug-likeness (QED) is 0.810. The van der Waals surface area contributed by atoms with Crippen molar-refractivity contribution in [1.29, 1.82) is 0 Å². The molecule has 116 valence electrons. The predicted octanol–water partition coefficient (Wildman–Crippen LogP) is 2.73. The molecule has 0 spiro atoms. The number of carbonyl (C=O) groups excluding carboxylic acids is 1. The van der Waals surface area contributed by atoms with Gasteiger partial charge in [-0.2, -0.15) is 11.8 Å². The lowest BCUT2D eigenvalue weighted by Gasteiger charge is -2.29. The molecule has 2 rings (SSSR count). The minimum Gasteiger partial charge on any atom is -0.490 e. The van der Waals surface area contributed by atoms with Crippen molar-refractivity contribution in [2.24, 2.45) is 0 Å². The SMILES string of the molecule is CCOc1cc2c(cc1OCC)CN(C(=O)CSC)CC2. The Hall–Kier alpha value is -1.36. The van der Waals surface area contributed by atoms with E-state index in [1.165, 1.54) is 11.1 Å². The molecule has 4 nitrogen and oxygen atoms in total. The zero-order valence-electron chi connectivity index (χ0n) is 13.0. The van der Waals surface area contributed by atoms with Gasteiger partial charge in [-0.15, -0.1) is 0 Å². The lowest BCUT2D eigenvalue weighted by atomic mass is 9.99. The normalized spacial score (nSPS) is 13.8. The maximum Gasteiger partial charge on any atom is 0.232 e. The lowest BCUT2D eigenvalue weighted by molar-refractivity contribution is -0.129. The average molecular weight is 309 g/mol. The van der Waals surface area contributed by atoms with Crippen molar-refractivity contribution in [3.8, 4) is 11.5 Å². The topological polar surface area (TPSA) is 38.8 Å². The summed E-state index contributed by atoms with van der Waals surface area (Å²) in [6.07, 6.45) is 2.83. The highest BCUT2D eigenvalue weighted by atomic mass is 32.2. The summed E-state index contributed by atoms with van der Waals surface area (Å²) in [4.78, 5) is 14.0. The molecule has 1 aromatic carbocycles. The van der Waals surface area contributed by atoms with E-state index in [-0.39, 0.29) is 5.91 Å². The number of benzene rings is 1. The van der Waals surface area contributed by atoms with E-state index in [9.17, 15) is 4.79 Å². The highest BCUT2D eigenvalue weighted by Gasteiger charge is 2.22. The Morgan fingerprint density at radius 1 is 1.19 bits per heavy atom. The van der Waals surface area contributed by atoms with Crippen molar-refractivity contribution >= 4 is 17.7 Å². The molecule has 0 unspecified atom stereocenters. The molecule has 1 amide bonds. The average Bonchev–Trinajstić information content (AvgIpc) is 2.48. The minimum atomic E-state index is 0.208. The third kappa shape index (κ3) is 3.84. The maximum atomic E-state index is 12.0. The fraction of sp³-hybridized carbons (Fsp3) is 0.562. The fourth-order valence-corrected chi connectivity index (χ4v) is 2.96. The summed E-state index contributed by atoms with van der Waals surface area (Å²) in [5.74, 6) is 2.34. The predicted molar refractivity (Wildman–Crippen MR) is 86.3 cm³/mol. The van der Waals surface area contributed by atoms with Gasteiger partial charge in [0.05, 0.1) is 19.0 Å². The molecule has 0 saturated heterocycles. The molecule has 0 aliphatic carbocycles. The number of fused-ring (bicyclic) bond motifs is 1. The van der Waals surface area contributed by atoms with Gasteiger partial charge in [0.2, 0.25) is 5.91 Å². The highest BCUT2D eigenvalue weighted by Crippen LogP contribution is 2.34. The molecular formula is C16H23NO3S. The van der Waals surface area contributed by atoms with Crippen LogP contribution in [0.5, 0.6) is 11.5 Å².